The van der Waals surface area contributed by atoms with Gasteiger partial charge in [0.2, 0.25) is 29.5 Å². The van der Waals surface area contributed by atoms with Gasteiger partial charge >= 0.3 is 0 Å². The summed E-state index contributed by atoms with van der Waals surface area (Å²) in [6.45, 7) is 11.0. The fraction of sp³-hybridized carbons (Fsp3) is 0.487. The summed E-state index contributed by atoms with van der Waals surface area (Å²) in [5.41, 5.74) is 10.4. The lowest BCUT2D eigenvalue weighted by molar-refractivity contribution is -0.144. The van der Waals surface area contributed by atoms with Gasteiger partial charge in [-0.25, -0.2) is 4.98 Å². The van der Waals surface area contributed by atoms with Crippen molar-refractivity contribution in [3.63, 3.8) is 0 Å². The van der Waals surface area contributed by atoms with E-state index in [9.17, 15) is 29.1 Å². The normalized spacial score (nSPS) is 17.5. The first kappa shape index (κ1) is 41.4. The third-order valence-corrected chi connectivity index (χ3v) is 10.9. The van der Waals surface area contributed by atoms with Gasteiger partial charge in [-0.15, -0.1) is 11.3 Å². The zero-order valence-electron chi connectivity index (χ0n) is 31.2. The smallest absolute Gasteiger partial charge is 0.246 e. The van der Waals surface area contributed by atoms with Crippen molar-refractivity contribution in [2.45, 2.75) is 104 Å². The highest BCUT2D eigenvalue weighted by Gasteiger charge is 2.44. The van der Waals surface area contributed by atoms with Gasteiger partial charge in [0.25, 0.3) is 0 Å². The maximum atomic E-state index is 14.1. The molecular formula is C39H51ClN6O6S. The van der Waals surface area contributed by atoms with E-state index in [1.807, 2.05) is 70.5 Å². The third-order valence-electron chi connectivity index (χ3n) is 9.52. The number of aromatic nitrogens is 1. The zero-order valence-corrected chi connectivity index (χ0v) is 32.8. The van der Waals surface area contributed by atoms with Crippen LogP contribution < -0.4 is 21.7 Å². The van der Waals surface area contributed by atoms with Crippen LogP contribution in [-0.2, 0) is 30.4 Å². The molecule has 1 aliphatic heterocycles. The summed E-state index contributed by atoms with van der Waals surface area (Å²) in [7, 11) is 0. The molecule has 6 N–H and O–H groups in total. The second-order valence-corrected chi connectivity index (χ2v) is 16.1. The molecule has 3 aromatic rings. The number of β-amino-alcohol motifs (C(OH)–C–C–N with tert-alkyl or cyclic N) is 1. The molecule has 2 aromatic carbocycles. The van der Waals surface area contributed by atoms with Crippen LogP contribution in [0.2, 0.25) is 5.02 Å². The van der Waals surface area contributed by atoms with Gasteiger partial charge in [0.15, 0.2) is 0 Å². The van der Waals surface area contributed by atoms with Gasteiger partial charge in [0.05, 0.1) is 38.9 Å². The first-order valence-electron chi connectivity index (χ1n) is 17.9. The number of anilines is 1. The van der Waals surface area contributed by atoms with Crippen molar-refractivity contribution in [2.75, 3.05) is 11.9 Å². The van der Waals surface area contributed by atoms with Gasteiger partial charge in [-0.2, -0.15) is 0 Å². The molecule has 12 nitrogen and oxygen atoms in total. The molecule has 0 spiro atoms. The lowest BCUT2D eigenvalue weighted by Gasteiger charge is -2.35. The molecule has 14 heteroatoms. The number of nitrogens with one attached hydrogen (secondary N) is 3. The molecule has 0 radical (unpaired) electrons. The number of halogens is 1. The number of hydrogen-bond donors (Lipinski definition) is 5. The van der Waals surface area contributed by atoms with Crippen LogP contribution in [0.1, 0.15) is 89.6 Å². The molecule has 1 aromatic heterocycles. The minimum Gasteiger partial charge on any atom is -0.391 e. The number of likely N-dealkylation sites (tertiary alicyclic amines) is 1. The van der Waals surface area contributed by atoms with Gasteiger partial charge in [-0.3, -0.25) is 24.0 Å². The summed E-state index contributed by atoms with van der Waals surface area (Å²) in [4.78, 5) is 71.4. The number of nitrogens with two attached hydrogens (primary N) is 1. The zero-order chi connectivity index (χ0) is 39.0. The van der Waals surface area contributed by atoms with Crippen molar-refractivity contribution >= 4 is 58.2 Å². The van der Waals surface area contributed by atoms with Crippen molar-refractivity contribution < 1.29 is 29.1 Å². The van der Waals surface area contributed by atoms with E-state index in [-0.39, 0.29) is 49.6 Å². The Kier molecular flexibility index (Phi) is 14.2. The number of rotatable bonds is 15. The molecule has 0 aliphatic carbocycles. The highest BCUT2D eigenvalue weighted by molar-refractivity contribution is 7.13. The monoisotopic (exact) mass is 766 g/mol. The minimum atomic E-state index is -0.950. The summed E-state index contributed by atoms with van der Waals surface area (Å²) in [6, 6.07) is 11.0. The summed E-state index contributed by atoms with van der Waals surface area (Å²) in [6.07, 6.45) is 0.583. The number of thiazole rings is 1. The number of aryl methyl sites for hydroxylation is 2. The Bertz CT molecular complexity index is 1790. The van der Waals surface area contributed by atoms with Gasteiger partial charge in [0, 0.05) is 31.7 Å². The average molecular weight is 767 g/mol. The fourth-order valence-corrected chi connectivity index (χ4v) is 7.38. The van der Waals surface area contributed by atoms with Crippen LogP contribution in [0.15, 0.2) is 48.0 Å². The van der Waals surface area contributed by atoms with Crippen molar-refractivity contribution in [3.05, 3.63) is 69.8 Å². The molecule has 5 amide bonds. The second kappa shape index (κ2) is 18.1. The summed E-state index contributed by atoms with van der Waals surface area (Å²) in [5.74, 6) is -2.34. The van der Waals surface area contributed by atoms with Crippen molar-refractivity contribution in [1.82, 2.24) is 20.5 Å². The summed E-state index contributed by atoms with van der Waals surface area (Å²) in [5, 5.41) is 19.7. The molecule has 1 aliphatic rings. The maximum absolute atomic E-state index is 14.1. The second-order valence-electron chi connectivity index (χ2n) is 14.9. The number of amides is 5. The molecule has 1 unspecified atom stereocenters. The van der Waals surface area contributed by atoms with Crippen molar-refractivity contribution in [2.24, 2.45) is 17.1 Å². The highest BCUT2D eigenvalue weighted by atomic mass is 35.5. The lowest BCUT2D eigenvalue weighted by Crippen LogP contribution is -2.57. The van der Waals surface area contributed by atoms with Gasteiger partial charge in [0.1, 0.15) is 12.1 Å². The van der Waals surface area contributed by atoms with E-state index in [4.69, 9.17) is 17.3 Å². The van der Waals surface area contributed by atoms with Gasteiger partial charge in [-0.05, 0) is 61.3 Å². The molecule has 286 valence electrons. The Labute approximate surface area is 320 Å². The number of carbonyl (C=O) groups is 5. The standard InChI is InChI=1S/C39H51ClN6O6S/c1-22(13-18-31(41)48)36(50)44-29-11-7-9-26(33(29)40)10-8-12-32(49)45-35(39(4,5)6)38(52)46-20-28(47)19-30(46)37(51)43-23(2)25-14-16-27(17-15-25)34-24(3)42-21-53-34/h7,9,11,14-17,21-23,28,30,35,47H,8,10,12-13,18-20H2,1-6H3,(H2,41,48)(H,43,51)(H,44,50)(H,45,49)/t22?,23-,28+,30-,35+/m0/s1. The van der Waals surface area contributed by atoms with Gasteiger partial charge in [-0.1, -0.05) is 75.7 Å². The Morgan fingerprint density at radius 2 is 1.75 bits per heavy atom. The first-order chi connectivity index (χ1) is 25.0. The number of aliphatic hydroxyl groups is 1. The molecule has 1 saturated heterocycles. The number of aliphatic hydroxyl groups excluding tert-OH is 1. The first-order valence-corrected chi connectivity index (χ1v) is 19.2. The molecule has 2 heterocycles. The SMILES string of the molecule is Cc1ncsc1-c1ccc([C@H](C)NC(=O)[C@@H]2C[C@@H](O)CN2C(=O)[C@@H](NC(=O)CCCc2cccc(NC(=O)C(C)CCC(N)=O)c2Cl)C(C)(C)C)cc1. The largest absolute Gasteiger partial charge is 0.391 e. The predicted octanol–water partition coefficient (Wildman–Crippen LogP) is 5.30. The average Bonchev–Trinajstić information content (AvgIpc) is 3.72. The Hall–Kier alpha value is -4.33. The fourth-order valence-electron chi connectivity index (χ4n) is 6.30. The Morgan fingerprint density at radius 1 is 1.06 bits per heavy atom. The van der Waals surface area contributed by atoms with Crippen LogP contribution in [0, 0.1) is 18.3 Å². The molecular weight excluding hydrogens is 716 g/mol. The van der Waals surface area contributed by atoms with Crippen LogP contribution in [0.5, 0.6) is 0 Å². The molecule has 5 atom stereocenters. The van der Waals surface area contributed by atoms with E-state index in [1.54, 1.807) is 30.4 Å². The number of carbonyl (C=O) groups excluding carboxylic acids is 5. The van der Waals surface area contributed by atoms with Crippen molar-refractivity contribution in [3.8, 4) is 10.4 Å². The Morgan fingerprint density at radius 3 is 2.38 bits per heavy atom. The molecule has 53 heavy (non-hydrogen) atoms. The van der Waals surface area contributed by atoms with Crippen LogP contribution in [0.4, 0.5) is 5.69 Å². The maximum Gasteiger partial charge on any atom is 0.246 e. The number of nitrogens with zero attached hydrogens (tertiary/aromatic N) is 2. The van der Waals surface area contributed by atoms with E-state index < -0.39 is 41.3 Å². The van der Waals surface area contributed by atoms with Gasteiger partial charge < -0.3 is 31.7 Å². The molecule has 1 fully saturated rings. The molecule has 4 rings (SSSR count). The third kappa shape index (κ3) is 11.1. The van der Waals surface area contributed by atoms with E-state index in [2.05, 4.69) is 20.9 Å². The van der Waals surface area contributed by atoms with E-state index in [1.165, 1.54) is 4.90 Å². The number of hydrogen-bond acceptors (Lipinski definition) is 8. The summed E-state index contributed by atoms with van der Waals surface area (Å²) >= 11 is 8.18. The Balaban J connectivity index is 1.35. The van der Waals surface area contributed by atoms with E-state index in [0.717, 1.165) is 27.3 Å². The number of primary amides is 1. The quantitative estimate of drug-likeness (QED) is 0.139. The van der Waals surface area contributed by atoms with Crippen molar-refractivity contribution in [1.29, 1.82) is 0 Å². The lowest BCUT2D eigenvalue weighted by atomic mass is 9.85. The number of benzene rings is 2. The predicted molar refractivity (Wildman–Crippen MR) is 207 cm³/mol. The van der Waals surface area contributed by atoms with E-state index >= 15 is 0 Å². The topological polar surface area (TPSA) is 184 Å². The molecule has 0 bridgehead atoms. The van der Waals surface area contributed by atoms with Crippen LogP contribution in [0.3, 0.4) is 0 Å². The summed E-state index contributed by atoms with van der Waals surface area (Å²) < 4.78 is 0. The highest BCUT2D eigenvalue weighted by Crippen LogP contribution is 2.31. The minimum absolute atomic E-state index is 0.0219. The van der Waals surface area contributed by atoms with E-state index in [0.29, 0.717) is 30.0 Å². The van der Waals surface area contributed by atoms with Crippen LogP contribution in [0.25, 0.3) is 10.4 Å². The van der Waals surface area contributed by atoms with Crippen LogP contribution >= 0.6 is 22.9 Å². The van der Waals surface area contributed by atoms with Crippen LogP contribution in [-0.4, -0.2) is 69.3 Å². The molecule has 0 saturated carbocycles.